The minimum atomic E-state index is -0.873. The van der Waals surface area contributed by atoms with E-state index in [0.29, 0.717) is 0 Å². The molecule has 80 valence electrons. The maximum absolute atomic E-state index is 3.47. The molecular weight excluding hydrogens is 174 g/mol. The van der Waals surface area contributed by atoms with Gasteiger partial charge in [0.15, 0.2) is 0 Å². The zero-order valence-corrected chi connectivity index (χ0v) is 11.3. The molecule has 1 nitrogen and oxygen atoms in total. The summed E-state index contributed by atoms with van der Waals surface area (Å²) in [5, 5.41) is 3.47. The predicted molar refractivity (Wildman–Crippen MR) is 65.0 cm³/mol. The Morgan fingerprint density at radius 3 is 2.00 bits per heavy atom. The van der Waals surface area contributed by atoms with Crippen LogP contribution in [-0.4, -0.2) is 21.2 Å². The fraction of sp³-hybridized carbons (Fsp3) is 1.00. The second kappa shape index (κ2) is 5.81. The molecule has 0 saturated heterocycles. The van der Waals surface area contributed by atoms with Gasteiger partial charge < -0.3 is 5.32 Å². The summed E-state index contributed by atoms with van der Waals surface area (Å²) in [7, 11) is -0.873. The van der Waals surface area contributed by atoms with Gasteiger partial charge in [-0.2, -0.15) is 0 Å². The van der Waals surface area contributed by atoms with Gasteiger partial charge in [-0.15, -0.1) is 0 Å². The van der Waals surface area contributed by atoms with Gasteiger partial charge in [0.1, 0.15) is 0 Å². The van der Waals surface area contributed by atoms with Crippen LogP contribution >= 0.6 is 0 Å². The van der Waals surface area contributed by atoms with Crippen molar-refractivity contribution in [2.24, 2.45) is 11.8 Å². The van der Waals surface area contributed by atoms with Crippen LogP contribution in [0.1, 0.15) is 20.8 Å². The average Bonchev–Trinajstić information content (AvgIpc) is 1.95. The van der Waals surface area contributed by atoms with Crippen LogP contribution in [0.4, 0.5) is 0 Å². The fourth-order valence-corrected chi connectivity index (χ4v) is 3.85. The lowest BCUT2D eigenvalue weighted by atomic mass is 9.98. The minimum Gasteiger partial charge on any atom is -0.317 e. The van der Waals surface area contributed by atoms with Gasteiger partial charge in [0.05, 0.1) is 0 Å². The topological polar surface area (TPSA) is 12.0 Å². The van der Waals surface area contributed by atoms with Gasteiger partial charge in [-0.05, 0) is 24.9 Å². The van der Waals surface area contributed by atoms with Crippen LogP contribution in [-0.2, 0) is 0 Å². The number of rotatable bonds is 6. The third kappa shape index (κ3) is 7.26. The summed E-state index contributed by atoms with van der Waals surface area (Å²) in [4.78, 5) is 0. The standard InChI is InChI=1S/C11H27NSi/c1-7-12-8-11(10(2)3)9-13(4,5)6/h10-12H,7-9H2,1-6H3. The van der Waals surface area contributed by atoms with Crippen LogP contribution in [0, 0.1) is 11.8 Å². The summed E-state index contributed by atoms with van der Waals surface area (Å²) in [6.07, 6.45) is 0. The quantitative estimate of drug-likeness (QED) is 0.651. The first kappa shape index (κ1) is 13.2. The maximum atomic E-state index is 3.47. The molecule has 0 heterocycles. The zero-order chi connectivity index (χ0) is 10.5. The second-order valence-corrected chi connectivity index (χ2v) is 11.1. The zero-order valence-electron chi connectivity index (χ0n) is 10.3. The van der Waals surface area contributed by atoms with Crippen molar-refractivity contribution in [3.63, 3.8) is 0 Å². The lowest BCUT2D eigenvalue weighted by Crippen LogP contribution is -2.33. The average molecular weight is 201 g/mol. The van der Waals surface area contributed by atoms with Crippen molar-refractivity contribution in [1.29, 1.82) is 0 Å². The van der Waals surface area contributed by atoms with Crippen LogP contribution in [0.3, 0.4) is 0 Å². The smallest absolute Gasteiger partial charge is 0.0446 e. The monoisotopic (exact) mass is 201 g/mol. The van der Waals surface area contributed by atoms with Crippen molar-refractivity contribution >= 4 is 8.07 Å². The lowest BCUT2D eigenvalue weighted by molar-refractivity contribution is 0.393. The molecule has 0 aliphatic carbocycles. The Bertz CT molecular complexity index is 127. The lowest BCUT2D eigenvalue weighted by Gasteiger charge is -2.27. The summed E-state index contributed by atoms with van der Waals surface area (Å²) in [5.41, 5.74) is 0. The molecule has 1 atom stereocenters. The van der Waals surface area contributed by atoms with Crippen LogP contribution in [0.25, 0.3) is 0 Å². The van der Waals surface area contributed by atoms with Gasteiger partial charge in [-0.1, -0.05) is 46.5 Å². The maximum Gasteiger partial charge on any atom is 0.0446 e. The summed E-state index contributed by atoms with van der Waals surface area (Å²) in [5.74, 6) is 1.71. The molecule has 0 bridgehead atoms. The molecule has 0 radical (unpaired) electrons. The Morgan fingerprint density at radius 2 is 1.69 bits per heavy atom. The molecule has 0 aromatic heterocycles. The molecule has 0 rings (SSSR count). The highest BCUT2D eigenvalue weighted by Gasteiger charge is 2.22. The number of hydrogen-bond donors (Lipinski definition) is 1. The van der Waals surface area contributed by atoms with Gasteiger partial charge >= 0.3 is 0 Å². The van der Waals surface area contributed by atoms with E-state index < -0.39 is 8.07 Å². The molecule has 1 N–H and O–H groups in total. The molecule has 0 aliphatic rings. The van der Waals surface area contributed by atoms with Gasteiger partial charge in [0.2, 0.25) is 0 Å². The van der Waals surface area contributed by atoms with E-state index in [9.17, 15) is 0 Å². The first-order valence-corrected chi connectivity index (χ1v) is 9.28. The highest BCUT2D eigenvalue weighted by atomic mass is 28.3. The summed E-state index contributed by atoms with van der Waals surface area (Å²) in [6.45, 7) is 16.6. The fourth-order valence-electron chi connectivity index (χ4n) is 1.66. The predicted octanol–water partition coefficient (Wildman–Crippen LogP) is 3.21. The summed E-state index contributed by atoms with van der Waals surface area (Å²) in [6, 6.07) is 1.46. The molecule has 1 unspecified atom stereocenters. The molecule has 13 heavy (non-hydrogen) atoms. The first-order valence-electron chi connectivity index (χ1n) is 5.57. The molecular formula is C11H27NSi. The molecule has 2 heteroatoms. The van der Waals surface area contributed by atoms with Crippen molar-refractivity contribution in [1.82, 2.24) is 5.32 Å². The van der Waals surface area contributed by atoms with E-state index in [1.165, 1.54) is 12.6 Å². The van der Waals surface area contributed by atoms with E-state index >= 15 is 0 Å². The molecule has 0 spiro atoms. The Labute approximate surface area is 85.3 Å². The highest BCUT2D eigenvalue weighted by Crippen LogP contribution is 2.22. The molecule has 0 saturated carbocycles. The third-order valence-electron chi connectivity index (χ3n) is 2.47. The summed E-state index contributed by atoms with van der Waals surface area (Å²) >= 11 is 0. The van der Waals surface area contributed by atoms with Crippen molar-refractivity contribution in [3.05, 3.63) is 0 Å². The van der Waals surface area contributed by atoms with Gasteiger partial charge in [0.25, 0.3) is 0 Å². The van der Waals surface area contributed by atoms with Crippen LogP contribution in [0.2, 0.25) is 25.7 Å². The van der Waals surface area contributed by atoms with Gasteiger partial charge in [0, 0.05) is 8.07 Å². The summed E-state index contributed by atoms with van der Waals surface area (Å²) < 4.78 is 0. The molecule has 0 fully saturated rings. The minimum absolute atomic E-state index is 0.825. The highest BCUT2D eigenvalue weighted by molar-refractivity contribution is 6.76. The van der Waals surface area contributed by atoms with Gasteiger partial charge in [-0.25, -0.2) is 0 Å². The molecule has 0 aromatic rings. The van der Waals surface area contributed by atoms with Crippen molar-refractivity contribution in [2.75, 3.05) is 13.1 Å². The Kier molecular flexibility index (Phi) is 5.89. The van der Waals surface area contributed by atoms with E-state index in [1.54, 1.807) is 0 Å². The van der Waals surface area contributed by atoms with E-state index in [4.69, 9.17) is 0 Å². The molecule has 0 amide bonds. The van der Waals surface area contributed by atoms with Crippen LogP contribution < -0.4 is 5.32 Å². The molecule has 0 aliphatic heterocycles. The SMILES string of the molecule is CCNCC(C[Si](C)(C)C)C(C)C. The van der Waals surface area contributed by atoms with Crippen molar-refractivity contribution in [2.45, 2.75) is 46.5 Å². The van der Waals surface area contributed by atoms with E-state index in [1.807, 2.05) is 0 Å². The van der Waals surface area contributed by atoms with Crippen molar-refractivity contribution in [3.8, 4) is 0 Å². The third-order valence-corrected chi connectivity index (χ3v) is 4.22. The van der Waals surface area contributed by atoms with Gasteiger partial charge in [-0.3, -0.25) is 0 Å². The second-order valence-electron chi connectivity index (χ2n) is 5.58. The Morgan fingerprint density at radius 1 is 1.15 bits per heavy atom. The number of hydrogen-bond acceptors (Lipinski definition) is 1. The first-order chi connectivity index (χ1) is 5.87. The largest absolute Gasteiger partial charge is 0.317 e. The van der Waals surface area contributed by atoms with E-state index in [0.717, 1.165) is 18.4 Å². The number of nitrogens with one attached hydrogen (secondary N) is 1. The van der Waals surface area contributed by atoms with Crippen LogP contribution in [0.15, 0.2) is 0 Å². The van der Waals surface area contributed by atoms with E-state index in [2.05, 4.69) is 45.7 Å². The van der Waals surface area contributed by atoms with Crippen LogP contribution in [0.5, 0.6) is 0 Å². The normalized spacial score (nSPS) is 15.0. The van der Waals surface area contributed by atoms with Crippen molar-refractivity contribution < 1.29 is 0 Å². The Balaban J connectivity index is 3.95. The van der Waals surface area contributed by atoms with E-state index in [-0.39, 0.29) is 0 Å². The molecule has 0 aromatic carbocycles. The Hall–Kier alpha value is 0.177.